The lowest BCUT2D eigenvalue weighted by atomic mass is 9.67. The molecule has 26 heavy (non-hydrogen) atoms. The second kappa shape index (κ2) is 8.17. The molecule has 0 fully saturated rings. The molecule has 0 aliphatic carbocycles. The van der Waals surface area contributed by atoms with Crippen molar-refractivity contribution in [2.75, 3.05) is 7.11 Å². The minimum atomic E-state index is -0.733. The van der Waals surface area contributed by atoms with Gasteiger partial charge < -0.3 is 0 Å². The fraction of sp³-hybridized carbons (Fsp3) is 0.136. The normalized spacial score (nSPS) is 11.2. The van der Waals surface area contributed by atoms with Crippen molar-refractivity contribution in [3.05, 3.63) is 107 Å². The Morgan fingerprint density at radius 1 is 0.885 bits per heavy atom. The van der Waals surface area contributed by atoms with Crippen LogP contribution in [0.1, 0.15) is 23.1 Å². The second-order valence-corrected chi connectivity index (χ2v) is 6.43. The molecule has 3 aromatic rings. The van der Waals surface area contributed by atoms with Gasteiger partial charge in [-0.2, -0.15) is 0 Å². The Labute approximate surface area is 158 Å². The van der Waals surface area contributed by atoms with E-state index in [1.54, 1.807) is 0 Å². The van der Waals surface area contributed by atoms with Gasteiger partial charge in [0.15, 0.2) is 0 Å². The van der Waals surface area contributed by atoms with Gasteiger partial charge in [0.05, 0.1) is 12.5 Å². The molecule has 0 saturated heterocycles. The summed E-state index contributed by atoms with van der Waals surface area (Å²) in [5.41, 5.74) is 4.58. The highest BCUT2D eigenvalue weighted by Crippen LogP contribution is 2.44. The average Bonchev–Trinajstić information content (AvgIpc) is 2.68. The van der Waals surface area contributed by atoms with E-state index >= 15 is 0 Å². The van der Waals surface area contributed by atoms with Crippen molar-refractivity contribution in [1.82, 2.24) is 5.48 Å². The van der Waals surface area contributed by atoms with Crippen LogP contribution in [0.3, 0.4) is 0 Å². The third-order valence-electron chi connectivity index (χ3n) is 4.51. The van der Waals surface area contributed by atoms with Gasteiger partial charge in [0.1, 0.15) is 0 Å². The Kier molecular flexibility index (Phi) is 5.71. The predicted molar refractivity (Wildman–Crippen MR) is 104 cm³/mol. The smallest absolute Gasteiger partial charge is 0.245 e. The number of nitrogens with one attached hydrogen (secondary N) is 1. The van der Waals surface area contributed by atoms with Gasteiger partial charge >= 0.3 is 0 Å². The maximum Gasteiger partial charge on any atom is 0.245 e. The molecular formula is C22H20ClNO2. The third kappa shape index (κ3) is 3.50. The molecule has 0 aromatic heterocycles. The van der Waals surface area contributed by atoms with E-state index in [0.717, 1.165) is 16.7 Å². The second-order valence-electron chi connectivity index (χ2n) is 6.02. The lowest BCUT2D eigenvalue weighted by molar-refractivity contribution is -0.132. The van der Waals surface area contributed by atoms with E-state index in [1.807, 2.05) is 84.9 Å². The maximum atomic E-state index is 12.6. The number of benzene rings is 3. The number of hydroxylamine groups is 1. The third-order valence-corrected chi connectivity index (χ3v) is 4.84. The Hall–Kier alpha value is -2.62. The molecule has 1 amide bonds. The van der Waals surface area contributed by atoms with Crippen molar-refractivity contribution in [2.24, 2.45) is 0 Å². The monoisotopic (exact) mass is 365 g/mol. The van der Waals surface area contributed by atoms with Crippen molar-refractivity contribution in [2.45, 2.75) is 11.8 Å². The number of amides is 1. The van der Waals surface area contributed by atoms with E-state index in [4.69, 9.17) is 16.4 Å². The van der Waals surface area contributed by atoms with Crippen LogP contribution in [0.25, 0.3) is 0 Å². The van der Waals surface area contributed by atoms with Crippen LogP contribution in [0.15, 0.2) is 84.9 Å². The van der Waals surface area contributed by atoms with Crippen LogP contribution >= 0.6 is 11.6 Å². The summed E-state index contributed by atoms with van der Waals surface area (Å²) in [7, 11) is 1.43. The topological polar surface area (TPSA) is 38.3 Å². The van der Waals surface area contributed by atoms with Gasteiger partial charge in [-0.15, -0.1) is 0 Å². The molecule has 0 heterocycles. The van der Waals surface area contributed by atoms with E-state index in [1.165, 1.54) is 7.11 Å². The molecule has 1 N–H and O–H groups in total. The highest BCUT2D eigenvalue weighted by molar-refractivity contribution is 6.31. The zero-order chi connectivity index (χ0) is 18.4. The van der Waals surface area contributed by atoms with Crippen LogP contribution in [0.4, 0.5) is 0 Å². The van der Waals surface area contributed by atoms with Gasteiger partial charge in [-0.25, -0.2) is 5.48 Å². The summed E-state index contributed by atoms with van der Waals surface area (Å²) in [4.78, 5) is 17.5. The van der Waals surface area contributed by atoms with Crippen molar-refractivity contribution in [3.63, 3.8) is 0 Å². The SMILES string of the molecule is CONC(=O)CC(c1ccccc1)(c1ccccc1)c1ccccc1Cl. The van der Waals surface area contributed by atoms with Crippen LogP contribution in [0.2, 0.25) is 5.02 Å². The lowest BCUT2D eigenvalue weighted by Crippen LogP contribution is -2.37. The van der Waals surface area contributed by atoms with E-state index in [0.29, 0.717) is 5.02 Å². The Balaban J connectivity index is 2.31. The molecule has 0 spiro atoms. The summed E-state index contributed by atoms with van der Waals surface area (Å²) in [6, 6.07) is 27.6. The fourth-order valence-electron chi connectivity index (χ4n) is 3.42. The minimum Gasteiger partial charge on any atom is -0.277 e. The van der Waals surface area contributed by atoms with Crippen molar-refractivity contribution >= 4 is 17.5 Å². The fourth-order valence-corrected chi connectivity index (χ4v) is 3.72. The standard InChI is InChI=1S/C22H20ClNO2/c1-26-24-21(25)16-22(17-10-4-2-5-11-17,18-12-6-3-7-13-18)19-14-8-9-15-20(19)23/h2-15H,16H2,1H3,(H,24,25). The number of hydrogen-bond donors (Lipinski definition) is 1. The van der Waals surface area contributed by atoms with E-state index < -0.39 is 5.41 Å². The lowest BCUT2D eigenvalue weighted by Gasteiger charge is -2.36. The summed E-state index contributed by atoms with van der Waals surface area (Å²) in [6.45, 7) is 0. The first-order valence-electron chi connectivity index (χ1n) is 8.36. The summed E-state index contributed by atoms with van der Waals surface area (Å²) >= 11 is 6.61. The first kappa shape index (κ1) is 18.2. The predicted octanol–water partition coefficient (Wildman–Crippen LogP) is 4.74. The van der Waals surface area contributed by atoms with Crippen LogP contribution in [-0.2, 0) is 15.0 Å². The van der Waals surface area contributed by atoms with E-state index in [9.17, 15) is 4.79 Å². The molecule has 0 unspecified atom stereocenters. The van der Waals surface area contributed by atoms with Crippen LogP contribution < -0.4 is 5.48 Å². The van der Waals surface area contributed by atoms with Gasteiger partial charge in [0.2, 0.25) is 5.91 Å². The largest absolute Gasteiger partial charge is 0.277 e. The summed E-state index contributed by atoms with van der Waals surface area (Å²) in [6.07, 6.45) is 0.165. The average molecular weight is 366 g/mol. The number of carbonyl (C=O) groups excluding carboxylic acids is 1. The van der Waals surface area contributed by atoms with Crippen molar-refractivity contribution in [1.29, 1.82) is 0 Å². The zero-order valence-corrected chi connectivity index (χ0v) is 15.2. The summed E-state index contributed by atoms with van der Waals surface area (Å²) < 4.78 is 0. The summed E-state index contributed by atoms with van der Waals surface area (Å²) in [5, 5.41) is 0.616. The van der Waals surface area contributed by atoms with Gasteiger partial charge in [-0.3, -0.25) is 9.63 Å². The van der Waals surface area contributed by atoms with Crippen molar-refractivity contribution in [3.8, 4) is 0 Å². The molecule has 0 radical (unpaired) electrons. The highest BCUT2D eigenvalue weighted by Gasteiger charge is 2.39. The number of carbonyl (C=O) groups is 1. The Morgan fingerprint density at radius 3 is 1.88 bits per heavy atom. The Bertz CT molecular complexity index is 826. The van der Waals surface area contributed by atoms with E-state index in [2.05, 4.69) is 5.48 Å². The Morgan fingerprint density at radius 2 is 1.38 bits per heavy atom. The van der Waals surface area contributed by atoms with Gasteiger partial charge in [0.25, 0.3) is 0 Å². The number of hydrogen-bond acceptors (Lipinski definition) is 2. The molecule has 4 heteroatoms. The minimum absolute atomic E-state index is 0.165. The molecule has 0 aliphatic heterocycles. The van der Waals surface area contributed by atoms with Crippen LogP contribution in [0.5, 0.6) is 0 Å². The molecular weight excluding hydrogens is 346 g/mol. The maximum absolute atomic E-state index is 12.6. The molecule has 3 aromatic carbocycles. The number of halogens is 1. The van der Waals surface area contributed by atoms with Gasteiger partial charge in [-0.05, 0) is 22.8 Å². The van der Waals surface area contributed by atoms with Crippen LogP contribution in [-0.4, -0.2) is 13.0 Å². The highest BCUT2D eigenvalue weighted by atomic mass is 35.5. The summed E-state index contributed by atoms with van der Waals surface area (Å²) in [5.74, 6) is -0.222. The molecule has 3 rings (SSSR count). The quantitative estimate of drug-likeness (QED) is 0.506. The van der Waals surface area contributed by atoms with Gasteiger partial charge in [-0.1, -0.05) is 90.5 Å². The van der Waals surface area contributed by atoms with Crippen LogP contribution in [0, 0.1) is 0 Å². The first-order valence-corrected chi connectivity index (χ1v) is 8.74. The molecule has 3 nitrogen and oxygen atoms in total. The zero-order valence-electron chi connectivity index (χ0n) is 14.5. The molecule has 0 bridgehead atoms. The van der Waals surface area contributed by atoms with Crippen molar-refractivity contribution < 1.29 is 9.63 Å². The van der Waals surface area contributed by atoms with E-state index in [-0.39, 0.29) is 12.3 Å². The molecule has 0 saturated carbocycles. The molecule has 0 atom stereocenters. The number of rotatable bonds is 6. The van der Waals surface area contributed by atoms with Gasteiger partial charge in [0, 0.05) is 11.4 Å². The molecule has 132 valence electrons. The first-order chi connectivity index (χ1) is 12.7. The molecule has 0 aliphatic rings.